The van der Waals surface area contributed by atoms with Gasteiger partial charge >= 0.3 is 5.97 Å². The molecule has 248 valence electrons. The SMILES string of the molecule is O=C(COc1ccccc1)NC12SC(=O)C1(OCC1CC1)N(C(C(=O)OCc1ccc([N+](=O)[O-])cc1)=C(CBr)N1CCOCC1)C2=O. The number of alkyl halides is 1. The van der Waals surface area contributed by atoms with Crippen LogP contribution in [0.3, 0.4) is 0 Å². The average molecular weight is 732 g/mol. The van der Waals surface area contributed by atoms with E-state index in [4.69, 9.17) is 18.9 Å². The molecule has 2 aromatic carbocycles. The third-order valence-corrected chi connectivity index (χ3v) is 10.1. The van der Waals surface area contributed by atoms with E-state index in [0.717, 1.165) is 17.7 Å². The quantitative estimate of drug-likeness (QED) is 0.0755. The maximum absolute atomic E-state index is 14.2. The van der Waals surface area contributed by atoms with Gasteiger partial charge in [0.25, 0.3) is 23.2 Å². The van der Waals surface area contributed by atoms with Crippen LogP contribution in [0.1, 0.15) is 18.4 Å². The summed E-state index contributed by atoms with van der Waals surface area (Å²) in [5.74, 6) is -1.67. The van der Waals surface area contributed by atoms with Gasteiger partial charge in [0.05, 0.1) is 30.4 Å². The van der Waals surface area contributed by atoms with Crippen LogP contribution in [-0.4, -0.2) is 93.1 Å². The van der Waals surface area contributed by atoms with E-state index in [9.17, 15) is 29.3 Å². The van der Waals surface area contributed by atoms with Crippen molar-refractivity contribution in [2.45, 2.75) is 30.0 Å². The Balaban J connectivity index is 1.32. The van der Waals surface area contributed by atoms with Crippen LogP contribution >= 0.6 is 27.7 Å². The van der Waals surface area contributed by atoms with Gasteiger partial charge in [-0.05, 0) is 60.4 Å². The molecule has 4 fully saturated rings. The summed E-state index contributed by atoms with van der Waals surface area (Å²) < 4.78 is 23.0. The fraction of sp³-hybridized carbons (Fsp3) is 0.419. The Kier molecular flexibility index (Phi) is 9.55. The molecule has 2 amide bonds. The van der Waals surface area contributed by atoms with Gasteiger partial charge in [0, 0.05) is 30.6 Å². The van der Waals surface area contributed by atoms with Crippen molar-refractivity contribution in [3.05, 3.63) is 81.7 Å². The van der Waals surface area contributed by atoms with Gasteiger partial charge in [-0.15, -0.1) is 0 Å². The number of carbonyl (C=O) groups excluding carboxylic acids is 4. The normalized spacial score (nSPS) is 23.9. The molecule has 6 rings (SSSR count). The Labute approximate surface area is 282 Å². The van der Waals surface area contributed by atoms with Crippen LogP contribution in [0.4, 0.5) is 5.69 Å². The molecular weight excluding hydrogens is 700 g/mol. The lowest BCUT2D eigenvalue weighted by molar-refractivity contribution is -0.384. The number of nitro benzene ring substituents is 1. The van der Waals surface area contributed by atoms with Crippen molar-refractivity contribution < 1.29 is 43.0 Å². The molecule has 47 heavy (non-hydrogen) atoms. The summed E-state index contributed by atoms with van der Waals surface area (Å²) in [6, 6.07) is 14.2. The highest BCUT2D eigenvalue weighted by molar-refractivity contribution is 9.09. The van der Waals surface area contributed by atoms with Crippen LogP contribution in [0.2, 0.25) is 0 Å². The zero-order chi connectivity index (χ0) is 33.2. The van der Waals surface area contributed by atoms with Gasteiger partial charge in [-0.25, -0.2) is 4.79 Å². The van der Waals surface area contributed by atoms with Crippen molar-refractivity contribution >= 4 is 56.3 Å². The number of halogens is 1. The second kappa shape index (κ2) is 13.6. The van der Waals surface area contributed by atoms with Crippen LogP contribution in [0.15, 0.2) is 66.0 Å². The van der Waals surface area contributed by atoms with E-state index in [0.29, 0.717) is 55.1 Å². The second-order valence-electron chi connectivity index (χ2n) is 11.3. The van der Waals surface area contributed by atoms with E-state index >= 15 is 0 Å². The van der Waals surface area contributed by atoms with Crippen molar-refractivity contribution in [1.82, 2.24) is 15.1 Å². The van der Waals surface area contributed by atoms with Gasteiger partial charge in [0.15, 0.2) is 12.3 Å². The number of ether oxygens (including phenoxy) is 4. The lowest BCUT2D eigenvalue weighted by atomic mass is 9.86. The molecule has 0 aromatic heterocycles. The number of nitro groups is 1. The number of para-hydroxylation sites is 1. The van der Waals surface area contributed by atoms with Crippen LogP contribution in [0.25, 0.3) is 0 Å². The van der Waals surface area contributed by atoms with Crippen molar-refractivity contribution in [3.8, 4) is 5.75 Å². The summed E-state index contributed by atoms with van der Waals surface area (Å²) in [5.41, 5.74) is -1.47. The minimum Gasteiger partial charge on any atom is -0.484 e. The molecule has 1 N–H and O–H groups in total. The maximum atomic E-state index is 14.2. The number of morpholine rings is 1. The lowest BCUT2D eigenvalue weighted by Gasteiger charge is -2.67. The smallest absolute Gasteiger partial charge is 0.357 e. The van der Waals surface area contributed by atoms with Crippen molar-refractivity contribution in [3.63, 3.8) is 0 Å². The van der Waals surface area contributed by atoms with Gasteiger partial charge in [0.1, 0.15) is 12.4 Å². The van der Waals surface area contributed by atoms with Crippen LogP contribution < -0.4 is 10.1 Å². The Morgan fingerprint density at radius 3 is 2.40 bits per heavy atom. The number of esters is 1. The van der Waals surface area contributed by atoms with Crippen molar-refractivity contribution in [2.24, 2.45) is 5.92 Å². The van der Waals surface area contributed by atoms with E-state index in [1.807, 2.05) is 4.90 Å². The molecule has 3 aliphatic heterocycles. The first-order valence-corrected chi connectivity index (χ1v) is 16.9. The zero-order valence-electron chi connectivity index (χ0n) is 25.1. The third kappa shape index (κ3) is 6.22. The molecule has 1 saturated carbocycles. The molecule has 3 heterocycles. The minimum atomic E-state index is -2.00. The lowest BCUT2D eigenvalue weighted by Crippen LogP contribution is -2.95. The first kappa shape index (κ1) is 32.9. The number of fused-ring (bicyclic) bond motifs is 1. The molecule has 0 spiro atoms. The van der Waals surface area contributed by atoms with E-state index in [1.165, 1.54) is 24.3 Å². The number of likely N-dealkylation sites (tertiary alicyclic amines) is 1. The van der Waals surface area contributed by atoms with E-state index in [-0.39, 0.29) is 35.8 Å². The van der Waals surface area contributed by atoms with Gasteiger partial charge in [0.2, 0.25) is 9.99 Å². The van der Waals surface area contributed by atoms with Crippen molar-refractivity contribution in [1.29, 1.82) is 0 Å². The second-order valence-corrected chi connectivity index (χ2v) is 13.0. The molecule has 3 saturated heterocycles. The molecule has 16 heteroatoms. The van der Waals surface area contributed by atoms with Gasteiger partial charge < -0.3 is 29.2 Å². The highest BCUT2D eigenvalue weighted by atomic mass is 79.9. The zero-order valence-corrected chi connectivity index (χ0v) is 27.5. The highest BCUT2D eigenvalue weighted by Gasteiger charge is 2.88. The number of benzene rings is 2. The minimum absolute atomic E-state index is 0.114. The molecule has 1 aliphatic carbocycles. The fourth-order valence-electron chi connectivity index (χ4n) is 5.53. The largest absolute Gasteiger partial charge is 0.484 e. The summed E-state index contributed by atoms with van der Waals surface area (Å²) in [4.78, 5) is 66.7. The first-order chi connectivity index (χ1) is 22.7. The van der Waals surface area contributed by atoms with Crippen LogP contribution in [0, 0.1) is 16.0 Å². The number of amides is 2. The summed E-state index contributed by atoms with van der Waals surface area (Å²) in [7, 11) is 0. The third-order valence-electron chi connectivity index (χ3n) is 8.20. The summed E-state index contributed by atoms with van der Waals surface area (Å²) in [5, 5.41) is 13.3. The number of rotatable bonds is 14. The van der Waals surface area contributed by atoms with Crippen LogP contribution in [-0.2, 0) is 40.0 Å². The van der Waals surface area contributed by atoms with E-state index < -0.39 is 45.0 Å². The number of β-lactam (4-membered cyclic amide) rings is 1. The first-order valence-electron chi connectivity index (χ1n) is 14.9. The van der Waals surface area contributed by atoms with Crippen LogP contribution in [0.5, 0.6) is 5.75 Å². The van der Waals surface area contributed by atoms with E-state index in [1.54, 1.807) is 30.3 Å². The molecule has 0 bridgehead atoms. The van der Waals surface area contributed by atoms with Gasteiger partial charge in [-0.3, -0.25) is 29.4 Å². The summed E-state index contributed by atoms with van der Waals surface area (Å²) in [6.45, 7) is 0.995. The Morgan fingerprint density at radius 1 is 1.09 bits per heavy atom. The number of thioether (sulfide) groups is 1. The van der Waals surface area contributed by atoms with E-state index in [2.05, 4.69) is 21.2 Å². The van der Waals surface area contributed by atoms with Gasteiger partial charge in [-0.2, -0.15) is 0 Å². The van der Waals surface area contributed by atoms with Gasteiger partial charge in [-0.1, -0.05) is 34.1 Å². The number of hydrogen-bond acceptors (Lipinski definition) is 12. The molecule has 4 aliphatic rings. The number of carbonyl (C=O) groups is 4. The summed E-state index contributed by atoms with van der Waals surface area (Å²) >= 11 is 4.11. The average Bonchev–Trinajstić information content (AvgIpc) is 3.92. The maximum Gasteiger partial charge on any atom is 0.357 e. The Bertz CT molecular complexity index is 1600. The number of nitrogens with zero attached hydrogens (tertiary/aromatic N) is 3. The molecule has 2 unspecified atom stereocenters. The molecule has 2 atom stereocenters. The monoisotopic (exact) mass is 730 g/mol. The molecule has 14 nitrogen and oxygen atoms in total. The molecular formula is C31H31BrN4O10S. The van der Waals surface area contributed by atoms with Crippen molar-refractivity contribution in [2.75, 3.05) is 44.8 Å². The molecule has 0 radical (unpaired) electrons. The predicted octanol–water partition coefficient (Wildman–Crippen LogP) is 2.71. The topological polar surface area (TPSA) is 167 Å². The number of hydrogen-bond donors (Lipinski definition) is 1. The number of nitrogens with one attached hydrogen (secondary N) is 1. The Morgan fingerprint density at radius 2 is 1.79 bits per heavy atom. The predicted molar refractivity (Wildman–Crippen MR) is 170 cm³/mol. The standard InChI is InChI=1S/C31H31BrN4O10S/c32-16-24(34-12-14-43-15-13-34)26(27(38)45-17-20-8-10-22(11-9-20)36(41)42)35-28(39)30(31(35,29(40)47-30)46-18-21-6-7-21)33-25(37)19-44-23-4-2-1-3-5-23/h1-5,8-11,21H,6-7,12-19H2,(H,33,37). The molecule has 2 aromatic rings. The highest BCUT2D eigenvalue weighted by Crippen LogP contribution is 2.63. The number of non-ortho nitro benzene ring substituents is 1. The number of allylic oxidation sites excluding steroid dienone is 1. The fourth-order valence-corrected chi connectivity index (χ4v) is 7.44. The summed E-state index contributed by atoms with van der Waals surface area (Å²) in [6.07, 6.45) is 1.77. The Hall–Kier alpha value is -3.99.